The molecule has 4 rings (SSSR count). The van der Waals surface area contributed by atoms with Gasteiger partial charge >= 0.3 is 12.1 Å². The Hall–Kier alpha value is -3.69. The van der Waals surface area contributed by atoms with Gasteiger partial charge in [0.05, 0.1) is 12.0 Å². The SMILES string of the molecule is CC(Cc1ccc(C(=O)NCCC(=O)O)cc1)N1C(=O)C(c2cccc(C(F)(F)F)c2)=NC12CCC(C(C)(C)C)CC2. The van der Waals surface area contributed by atoms with Crippen molar-refractivity contribution < 1.29 is 32.7 Å². The number of nitrogens with one attached hydrogen (secondary N) is 1. The summed E-state index contributed by atoms with van der Waals surface area (Å²) in [5.41, 5.74) is -0.0540. The van der Waals surface area contributed by atoms with E-state index in [1.807, 2.05) is 6.92 Å². The summed E-state index contributed by atoms with van der Waals surface area (Å²) in [5.74, 6) is -1.30. The number of alkyl halides is 3. The zero-order chi connectivity index (χ0) is 30.9. The lowest BCUT2D eigenvalue weighted by atomic mass is 9.69. The monoisotopic (exact) mass is 585 g/mol. The molecule has 2 aromatic carbocycles. The topological polar surface area (TPSA) is 99.1 Å². The maximum absolute atomic E-state index is 14.0. The summed E-state index contributed by atoms with van der Waals surface area (Å²) in [6, 6.07) is 11.4. The minimum Gasteiger partial charge on any atom is -0.481 e. The zero-order valence-corrected chi connectivity index (χ0v) is 24.4. The Morgan fingerprint density at radius 3 is 2.31 bits per heavy atom. The minimum atomic E-state index is -4.53. The van der Waals surface area contributed by atoms with Crippen molar-refractivity contribution in [2.45, 2.75) is 84.1 Å². The largest absolute Gasteiger partial charge is 0.481 e. The summed E-state index contributed by atoms with van der Waals surface area (Å²) in [7, 11) is 0. The summed E-state index contributed by atoms with van der Waals surface area (Å²) in [6.07, 6.45) is -1.29. The fourth-order valence-electron chi connectivity index (χ4n) is 6.16. The fraction of sp³-hybridized carbons (Fsp3) is 0.500. The standard InChI is InChI=1S/C32H38F3N3O4/c1-20(18-21-8-10-22(11-9-21)28(41)36-17-14-26(39)40)38-29(42)27(23-6-5-7-25(19-23)32(33,34)35)37-31(38)15-12-24(13-16-31)30(2,3)4/h5-11,19-20,24H,12-18H2,1-4H3,(H,36,41)(H,39,40). The van der Waals surface area contributed by atoms with Gasteiger partial charge in [-0.25, -0.2) is 0 Å². The van der Waals surface area contributed by atoms with E-state index in [-0.39, 0.29) is 47.5 Å². The highest BCUT2D eigenvalue weighted by molar-refractivity contribution is 6.46. The first-order chi connectivity index (χ1) is 19.6. The molecule has 42 heavy (non-hydrogen) atoms. The lowest BCUT2D eigenvalue weighted by molar-refractivity contribution is -0.138. The second kappa shape index (κ2) is 11.9. The maximum Gasteiger partial charge on any atom is 0.416 e. The van der Waals surface area contributed by atoms with Crippen LogP contribution in [0.4, 0.5) is 13.2 Å². The molecule has 1 unspecified atom stereocenters. The molecule has 226 valence electrons. The van der Waals surface area contributed by atoms with Gasteiger partial charge in [0.25, 0.3) is 11.8 Å². The van der Waals surface area contributed by atoms with Crippen molar-refractivity contribution in [3.05, 3.63) is 70.8 Å². The van der Waals surface area contributed by atoms with Crippen molar-refractivity contribution in [1.29, 1.82) is 0 Å². The van der Waals surface area contributed by atoms with Crippen LogP contribution < -0.4 is 5.32 Å². The molecular formula is C32H38F3N3O4. The quantitative estimate of drug-likeness (QED) is 0.391. The molecular weight excluding hydrogens is 547 g/mol. The van der Waals surface area contributed by atoms with Crippen molar-refractivity contribution in [3.8, 4) is 0 Å². The fourth-order valence-corrected chi connectivity index (χ4v) is 6.16. The number of benzene rings is 2. The van der Waals surface area contributed by atoms with Crippen molar-refractivity contribution in [2.24, 2.45) is 16.3 Å². The Morgan fingerprint density at radius 2 is 1.74 bits per heavy atom. The number of carboxylic acids is 1. The number of rotatable bonds is 8. The molecule has 1 saturated carbocycles. The first-order valence-corrected chi connectivity index (χ1v) is 14.3. The third-order valence-corrected chi connectivity index (χ3v) is 8.48. The third kappa shape index (κ3) is 6.85. The van der Waals surface area contributed by atoms with Crippen LogP contribution in [-0.2, 0) is 22.2 Å². The van der Waals surface area contributed by atoms with E-state index in [1.54, 1.807) is 29.2 Å². The van der Waals surface area contributed by atoms with Gasteiger partial charge < -0.3 is 15.3 Å². The average Bonchev–Trinajstić information content (AvgIpc) is 3.19. The number of carbonyl (C=O) groups is 3. The Balaban J connectivity index is 1.58. The number of hydrogen-bond acceptors (Lipinski definition) is 4. The molecule has 10 heteroatoms. The number of hydrogen-bond donors (Lipinski definition) is 2. The van der Waals surface area contributed by atoms with Gasteiger partial charge in [0, 0.05) is 23.7 Å². The molecule has 2 N–H and O–H groups in total. The summed E-state index contributed by atoms with van der Waals surface area (Å²) in [4.78, 5) is 43.7. The molecule has 1 fully saturated rings. The van der Waals surface area contributed by atoms with Crippen molar-refractivity contribution in [1.82, 2.24) is 10.2 Å². The van der Waals surface area contributed by atoms with Crippen LogP contribution in [0.2, 0.25) is 0 Å². The predicted molar refractivity (Wildman–Crippen MR) is 153 cm³/mol. The summed E-state index contributed by atoms with van der Waals surface area (Å²) in [5, 5.41) is 11.3. The lowest BCUT2D eigenvalue weighted by Gasteiger charge is -2.46. The molecule has 1 atom stereocenters. The van der Waals surface area contributed by atoms with Gasteiger partial charge in [0.1, 0.15) is 11.4 Å². The molecule has 0 aromatic heterocycles. The Labute approximate surface area is 244 Å². The number of amides is 2. The van der Waals surface area contributed by atoms with Gasteiger partial charge in [-0.05, 0) is 80.2 Å². The highest BCUT2D eigenvalue weighted by atomic mass is 19.4. The molecule has 2 aromatic rings. The molecule has 1 spiro atoms. The van der Waals surface area contributed by atoms with Crippen molar-refractivity contribution in [2.75, 3.05) is 6.54 Å². The Bertz CT molecular complexity index is 1350. The molecule has 0 bridgehead atoms. The van der Waals surface area contributed by atoms with E-state index in [4.69, 9.17) is 10.1 Å². The second-order valence-corrected chi connectivity index (χ2v) is 12.5. The van der Waals surface area contributed by atoms with Gasteiger partial charge in [0.15, 0.2) is 0 Å². The van der Waals surface area contributed by atoms with Gasteiger partial charge in [-0.3, -0.25) is 19.4 Å². The van der Waals surface area contributed by atoms with Crippen LogP contribution in [0.3, 0.4) is 0 Å². The smallest absolute Gasteiger partial charge is 0.416 e. The number of aliphatic imine (C=N–C) groups is 1. The molecule has 2 amide bonds. The van der Waals surface area contributed by atoms with E-state index in [2.05, 4.69) is 26.1 Å². The van der Waals surface area contributed by atoms with Crippen LogP contribution >= 0.6 is 0 Å². The van der Waals surface area contributed by atoms with Crippen LogP contribution in [0.25, 0.3) is 0 Å². The summed E-state index contributed by atoms with van der Waals surface area (Å²) in [6.45, 7) is 8.54. The van der Waals surface area contributed by atoms with Crippen LogP contribution in [-0.4, -0.2) is 51.8 Å². The van der Waals surface area contributed by atoms with E-state index in [1.165, 1.54) is 12.1 Å². The van der Waals surface area contributed by atoms with E-state index in [0.717, 1.165) is 30.5 Å². The van der Waals surface area contributed by atoms with Gasteiger partial charge in [-0.2, -0.15) is 13.2 Å². The normalized spacial score (nSPS) is 21.8. The first-order valence-electron chi connectivity index (χ1n) is 14.3. The molecule has 0 radical (unpaired) electrons. The first kappa shape index (κ1) is 31.3. The molecule has 2 aliphatic rings. The number of halogens is 3. The van der Waals surface area contributed by atoms with Gasteiger partial charge in [0.2, 0.25) is 0 Å². The van der Waals surface area contributed by atoms with Crippen LogP contribution in [0.1, 0.15) is 86.8 Å². The number of carboxylic acid groups (broad SMARTS) is 1. The van der Waals surface area contributed by atoms with Crippen molar-refractivity contribution >= 4 is 23.5 Å². The maximum atomic E-state index is 14.0. The van der Waals surface area contributed by atoms with Crippen LogP contribution in [0, 0.1) is 11.3 Å². The number of nitrogens with zero attached hydrogens (tertiary/aromatic N) is 2. The zero-order valence-electron chi connectivity index (χ0n) is 24.4. The molecule has 1 heterocycles. The van der Waals surface area contributed by atoms with Crippen LogP contribution in [0.5, 0.6) is 0 Å². The molecule has 0 saturated heterocycles. The third-order valence-electron chi connectivity index (χ3n) is 8.48. The number of aliphatic carboxylic acids is 1. The van der Waals surface area contributed by atoms with E-state index in [9.17, 15) is 27.6 Å². The van der Waals surface area contributed by atoms with E-state index >= 15 is 0 Å². The highest BCUT2D eigenvalue weighted by Gasteiger charge is 2.51. The predicted octanol–water partition coefficient (Wildman–Crippen LogP) is 6.11. The molecule has 1 aliphatic carbocycles. The van der Waals surface area contributed by atoms with E-state index < -0.39 is 23.4 Å². The highest BCUT2D eigenvalue weighted by Crippen LogP contribution is 2.47. The minimum absolute atomic E-state index is 0.0242. The molecule has 7 nitrogen and oxygen atoms in total. The molecule has 1 aliphatic heterocycles. The van der Waals surface area contributed by atoms with E-state index in [0.29, 0.717) is 30.7 Å². The van der Waals surface area contributed by atoms with Gasteiger partial charge in [-0.15, -0.1) is 0 Å². The Morgan fingerprint density at radius 1 is 1.10 bits per heavy atom. The average molecular weight is 586 g/mol. The second-order valence-electron chi connectivity index (χ2n) is 12.5. The summed E-state index contributed by atoms with van der Waals surface area (Å²) >= 11 is 0. The van der Waals surface area contributed by atoms with Gasteiger partial charge in [-0.1, -0.05) is 45.0 Å². The van der Waals surface area contributed by atoms with Crippen molar-refractivity contribution in [3.63, 3.8) is 0 Å². The summed E-state index contributed by atoms with van der Waals surface area (Å²) < 4.78 is 40.5. The van der Waals surface area contributed by atoms with Crippen LogP contribution in [0.15, 0.2) is 53.5 Å². The lowest BCUT2D eigenvalue weighted by Crippen LogP contribution is -2.54. The Kier molecular flexibility index (Phi) is 8.85. The number of carbonyl (C=O) groups excluding carboxylic acids is 2.